The number of hydrogen-bond acceptors (Lipinski definition) is 4. The van der Waals surface area contributed by atoms with Crippen LogP contribution in [0.5, 0.6) is 0 Å². The molecule has 2 N–H and O–H groups in total. The van der Waals surface area contributed by atoms with Gasteiger partial charge in [0, 0.05) is 18.0 Å². The van der Waals surface area contributed by atoms with E-state index in [0.29, 0.717) is 5.56 Å². The summed E-state index contributed by atoms with van der Waals surface area (Å²) < 4.78 is 0. The molecule has 1 heterocycles. The molecule has 1 aliphatic heterocycles. The van der Waals surface area contributed by atoms with Gasteiger partial charge in [0.15, 0.2) is 11.9 Å². The van der Waals surface area contributed by atoms with Gasteiger partial charge in [-0.1, -0.05) is 73.5 Å². The van der Waals surface area contributed by atoms with Crippen LogP contribution in [0.4, 0.5) is 0 Å². The average molecular weight is 398 g/mol. The minimum Gasteiger partial charge on any atom is -0.479 e. The van der Waals surface area contributed by atoms with Crippen LogP contribution in [-0.2, 0) is 4.79 Å². The minimum atomic E-state index is -1.41. The molecule has 1 unspecified atom stereocenters. The summed E-state index contributed by atoms with van der Waals surface area (Å²) in [7, 11) is 0. The summed E-state index contributed by atoms with van der Waals surface area (Å²) in [4.78, 5) is 25.0. The third-order valence-electron chi connectivity index (χ3n) is 5.11. The number of likely N-dealkylation sites (tertiary alicyclic amines) is 1. The highest BCUT2D eigenvalue weighted by Gasteiger charge is 2.19. The SMILES string of the molecule is Cc1ccc(C(=O)[C@@H](C)CN2CCCCC2)cc1.O=C(O)C(O)c1ccccc1. The van der Waals surface area contributed by atoms with Crippen LogP contribution in [0.2, 0.25) is 0 Å². The predicted molar refractivity (Wildman–Crippen MR) is 114 cm³/mol. The fourth-order valence-electron chi connectivity index (χ4n) is 3.39. The molecule has 0 spiro atoms. The first-order chi connectivity index (χ1) is 13.9. The first-order valence-corrected chi connectivity index (χ1v) is 10.2. The van der Waals surface area contributed by atoms with Crippen LogP contribution in [0.3, 0.4) is 0 Å². The van der Waals surface area contributed by atoms with Crippen molar-refractivity contribution >= 4 is 11.8 Å². The average Bonchev–Trinajstić information content (AvgIpc) is 2.75. The zero-order chi connectivity index (χ0) is 21.2. The number of aliphatic carboxylic acids is 1. The second-order valence-corrected chi connectivity index (χ2v) is 7.64. The molecule has 2 aromatic carbocycles. The van der Waals surface area contributed by atoms with Gasteiger partial charge in [-0.3, -0.25) is 4.79 Å². The van der Waals surface area contributed by atoms with E-state index in [0.717, 1.165) is 25.2 Å². The van der Waals surface area contributed by atoms with Crippen molar-refractivity contribution in [3.63, 3.8) is 0 Å². The number of aliphatic hydroxyl groups excluding tert-OH is 1. The van der Waals surface area contributed by atoms with Crippen molar-refractivity contribution in [3.8, 4) is 0 Å². The number of rotatable bonds is 6. The van der Waals surface area contributed by atoms with Crippen LogP contribution >= 0.6 is 0 Å². The molecule has 0 radical (unpaired) electrons. The van der Waals surface area contributed by atoms with E-state index in [2.05, 4.69) is 11.8 Å². The number of nitrogens with zero attached hydrogens (tertiary/aromatic N) is 1. The van der Waals surface area contributed by atoms with Crippen molar-refractivity contribution in [1.82, 2.24) is 4.90 Å². The Morgan fingerprint density at radius 1 is 0.966 bits per heavy atom. The predicted octanol–water partition coefficient (Wildman–Crippen LogP) is 4.10. The molecular formula is C24H31NO4. The van der Waals surface area contributed by atoms with E-state index < -0.39 is 12.1 Å². The van der Waals surface area contributed by atoms with E-state index in [9.17, 15) is 9.59 Å². The summed E-state index contributed by atoms with van der Waals surface area (Å²) >= 11 is 0. The van der Waals surface area contributed by atoms with E-state index in [1.165, 1.54) is 24.8 Å². The highest BCUT2D eigenvalue weighted by molar-refractivity contribution is 5.97. The maximum atomic E-state index is 12.3. The van der Waals surface area contributed by atoms with Gasteiger partial charge < -0.3 is 15.1 Å². The molecule has 0 aromatic heterocycles. The molecule has 2 atom stereocenters. The third kappa shape index (κ3) is 7.44. The summed E-state index contributed by atoms with van der Waals surface area (Å²) in [6.07, 6.45) is 2.50. The van der Waals surface area contributed by atoms with Gasteiger partial charge in [0.1, 0.15) is 0 Å². The maximum absolute atomic E-state index is 12.3. The molecule has 1 aliphatic rings. The number of carboxylic acids is 1. The molecule has 1 fully saturated rings. The zero-order valence-corrected chi connectivity index (χ0v) is 17.3. The molecular weight excluding hydrogens is 366 g/mol. The number of Topliss-reactive ketones (excluding diaryl/α,β-unsaturated/α-hetero) is 1. The Labute approximate surface area is 173 Å². The van der Waals surface area contributed by atoms with Crippen LogP contribution in [0.25, 0.3) is 0 Å². The Bertz CT molecular complexity index is 767. The van der Waals surface area contributed by atoms with Crippen molar-refractivity contribution in [2.24, 2.45) is 5.92 Å². The Morgan fingerprint density at radius 2 is 1.55 bits per heavy atom. The van der Waals surface area contributed by atoms with E-state index in [-0.39, 0.29) is 11.7 Å². The minimum absolute atomic E-state index is 0.103. The van der Waals surface area contributed by atoms with Gasteiger partial charge >= 0.3 is 5.97 Å². The third-order valence-corrected chi connectivity index (χ3v) is 5.11. The highest BCUT2D eigenvalue weighted by Crippen LogP contribution is 2.15. The van der Waals surface area contributed by atoms with Crippen LogP contribution in [0.1, 0.15) is 53.8 Å². The number of carbonyl (C=O) groups is 2. The first-order valence-electron chi connectivity index (χ1n) is 10.2. The van der Waals surface area contributed by atoms with Crippen molar-refractivity contribution in [1.29, 1.82) is 0 Å². The van der Waals surface area contributed by atoms with Gasteiger partial charge in [-0.25, -0.2) is 4.79 Å². The number of piperidine rings is 1. The van der Waals surface area contributed by atoms with E-state index in [4.69, 9.17) is 10.2 Å². The summed E-state index contributed by atoms with van der Waals surface area (Å²) in [6, 6.07) is 16.2. The van der Waals surface area contributed by atoms with Gasteiger partial charge in [0.2, 0.25) is 0 Å². The van der Waals surface area contributed by atoms with E-state index >= 15 is 0 Å². The van der Waals surface area contributed by atoms with Crippen LogP contribution in [-0.4, -0.2) is 46.5 Å². The molecule has 3 rings (SSSR count). The Kier molecular flexibility index (Phi) is 9.03. The lowest BCUT2D eigenvalue weighted by molar-refractivity contribution is -0.146. The second-order valence-electron chi connectivity index (χ2n) is 7.64. The Morgan fingerprint density at radius 3 is 2.10 bits per heavy atom. The van der Waals surface area contributed by atoms with Crippen molar-refractivity contribution in [2.75, 3.05) is 19.6 Å². The van der Waals surface area contributed by atoms with Crippen LogP contribution in [0, 0.1) is 12.8 Å². The smallest absolute Gasteiger partial charge is 0.337 e. The molecule has 156 valence electrons. The Balaban J connectivity index is 0.000000234. The zero-order valence-electron chi connectivity index (χ0n) is 17.3. The molecule has 0 saturated carbocycles. The second kappa shape index (κ2) is 11.5. The Hall–Kier alpha value is -2.50. The number of carboxylic acid groups (broad SMARTS) is 1. The molecule has 29 heavy (non-hydrogen) atoms. The summed E-state index contributed by atoms with van der Waals surface area (Å²) in [5.41, 5.74) is 2.46. The van der Waals surface area contributed by atoms with Gasteiger partial charge in [-0.05, 0) is 38.4 Å². The molecule has 2 aromatic rings. The fraction of sp³-hybridized carbons (Fsp3) is 0.417. The number of hydrogen-bond donors (Lipinski definition) is 2. The number of aliphatic hydroxyl groups is 1. The maximum Gasteiger partial charge on any atom is 0.337 e. The molecule has 0 amide bonds. The lowest BCUT2D eigenvalue weighted by Gasteiger charge is -2.28. The number of carbonyl (C=O) groups excluding carboxylic acids is 1. The first kappa shape index (κ1) is 22.8. The van der Waals surface area contributed by atoms with Gasteiger partial charge in [0.25, 0.3) is 0 Å². The van der Waals surface area contributed by atoms with Gasteiger partial charge in [0.05, 0.1) is 0 Å². The molecule has 0 bridgehead atoms. The lowest BCUT2D eigenvalue weighted by Crippen LogP contribution is -2.35. The van der Waals surface area contributed by atoms with Crippen molar-refractivity contribution < 1.29 is 19.8 Å². The molecule has 5 nitrogen and oxygen atoms in total. The van der Waals surface area contributed by atoms with E-state index in [1.807, 2.05) is 31.2 Å². The van der Waals surface area contributed by atoms with Crippen LogP contribution in [0.15, 0.2) is 54.6 Å². The lowest BCUT2D eigenvalue weighted by atomic mass is 9.97. The number of ketones is 1. The topological polar surface area (TPSA) is 77.8 Å². The van der Waals surface area contributed by atoms with Gasteiger partial charge in [-0.15, -0.1) is 0 Å². The van der Waals surface area contributed by atoms with Gasteiger partial charge in [-0.2, -0.15) is 0 Å². The monoisotopic (exact) mass is 397 g/mol. The number of benzene rings is 2. The normalized spacial score (nSPS) is 16.2. The highest BCUT2D eigenvalue weighted by atomic mass is 16.4. The summed E-state index contributed by atoms with van der Waals surface area (Å²) in [5, 5.41) is 17.4. The molecule has 0 aliphatic carbocycles. The summed E-state index contributed by atoms with van der Waals surface area (Å²) in [5.74, 6) is -0.845. The van der Waals surface area contributed by atoms with Crippen molar-refractivity contribution in [2.45, 2.75) is 39.2 Å². The largest absolute Gasteiger partial charge is 0.479 e. The van der Waals surface area contributed by atoms with E-state index in [1.54, 1.807) is 30.3 Å². The van der Waals surface area contributed by atoms with Crippen molar-refractivity contribution in [3.05, 3.63) is 71.3 Å². The summed E-state index contributed by atoms with van der Waals surface area (Å²) in [6.45, 7) is 7.33. The number of aryl methyl sites for hydroxylation is 1. The van der Waals surface area contributed by atoms with Crippen LogP contribution < -0.4 is 0 Å². The standard InChI is InChI=1S/C16H23NO.C8H8O3/c1-13-6-8-15(9-7-13)16(18)14(2)12-17-10-4-3-5-11-17;9-7(8(10)11)6-4-2-1-3-5-6/h6-9,14H,3-5,10-12H2,1-2H3;1-5,7,9H,(H,10,11)/t14-;/m0./s1. The fourth-order valence-corrected chi connectivity index (χ4v) is 3.39. The quantitative estimate of drug-likeness (QED) is 0.718. The molecule has 5 heteroatoms. The molecule has 1 saturated heterocycles.